The molecular formula is C26H29N5O4. The Bertz CT molecular complexity index is 1250. The molecule has 35 heavy (non-hydrogen) atoms. The lowest BCUT2D eigenvalue weighted by atomic mass is 9.81. The quantitative estimate of drug-likeness (QED) is 0.479. The van der Waals surface area contributed by atoms with Gasteiger partial charge in [-0.05, 0) is 61.6 Å². The predicted molar refractivity (Wildman–Crippen MR) is 132 cm³/mol. The predicted octanol–water partition coefficient (Wildman–Crippen LogP) is 3.50. The van der Waals surface area contributed by atoms with Gasteiger partial charge in [-0.1, -0.05) is 12.5 Å². The second-order valence-corrected chi connectivity index (χ2v) is 9.10. The van der Waals surface area contributed by atoms with Crippen LogP contribution in [0.4, 0.5) is 11.4 Å². The maximum Gasteiger partial charge on any atom is 0.262 e. The highest BCUT2D eigenvalue weighted by Crippen LogP contribution is 2.31. The van der Waals surface area contributed by atoms with Gasteiger partial charge in [-0.25, -0.2) is 4.98 Å². The summed E-state index contributed by atoms with van der Waals surface area (Å²) in [6.45, 7) is 1.58. The van der Waals surface area contributed by atoms with Crippen molar-refractivity contribution >= 4 is 34.2 Å². The van der Waals surface area contributed by atoms with Gasteiger partial charge in [0.2, 0.25) is 11.8 Å². The number of carbonyl (C=O) groups excluding carboxylic acids is 2. The first-order valence-electron chi connectivity index (χ1n) is 12.0. The first-order chi connectivity index (χ1) is 17.1. The minimum absolute atomic E-state index is 0.0252. The zero-order valence-electron chi connectivity index (χ0n) is 19.7. The highest BCUT2D eigenvalue weighted by molar-refractivity contribution is 6.00. The average Bonchev–Trinajstić information content (AvgIpc) is 2.88. The maximum absolute atomic E-state index is 13.1. The Balaban J connectivity index is 1.16. The van der Waals surface area contributed by atoms with E-state index in [1.54, 1.807) is 25.4 Å². The van der Waals surface area contributed by atoms with Gasteiger partial charge in [-0.3, -0.25) is 14.6 Å². The van der Waals surface area contributed by atoms with Crippen molar-refractivity contribution in [2.24, 2.45) is 11.8 Å². The maximum atomic E-state index is 13.1. The number of pyridine rings is 2. The SMILES string of the molecule is COc1ccc2nccc(NC(=O)C3CCCC(CNCc4ccc5c(c4)NC(=O)CO5)C3)c2n1. The molecule has 2 aromatic heterocycles. The van der Waals surface area contributed by atoms with Crippen LogP contribution >= 0.6 is 0 Å². The number of benzene rings is 1. The van der Waals surface area contributed by atoms with E-state index in [9.17, 15) is 9.59 Å². The summed E-state index contributed by atoms with van der Waals surface area (Å²) < 4.78 is 10.6. The lowest BCUT2D eigenvalue weighted by Crippen LogP contribution is -2.32. The summed E-state index contributed by atoms with van der Waals surface area (Å²) in [6, 6.07) is 11.2. The Morgan fingerprint density at radius 1 is 1.23 bits per heavy atom. The van der Waals surface area contributed by atoms with Crippen LogP contribution in [-0.4, -0.2) is 42.0 Å². The highest BCUT2D eigenvalue weighted by atomic mass is 16.5. The Hall–Kier alpha value is -3.72. The van der Waals surface area contributed by atoms with Crippen molar-refractivity contribution in [2.45, 2.75) is 32.2 Å². The van der Waals surface area contributed by atoms with Crippen LogP contribution in [0.3, 0.4) is 0 Å². The van der Waals surface area contributed by atoms with Crippen LogP contribution in [-0.2, 0) is 16.1 Å². The van der Waals surface area contributed by atoms with Crippen LogP contribution in [0.15, 0.2) is 42.6 Å². The summed E-state index contributed by atoms with van der Waals surface area (Å²) in [5, 5.41) is 9.44. The van der Waals surface area contributed by atoms with E-state index in [1.165, 1.54) is 0 Å². The molecule has 0 spiro atoms. The van der Waals surface area contributed by atoms with Crippen LogP contribution in [0, 0.1) is 11.8 Å². The Morgan fingerprint density at radius 3 is 3.03 bits per heavy atom. The molecule has 0 bridgehead atoms. The van der Waals surface area contributed by atoms with Gasteiger partial charge in [0.1, 0.15) is 11.3 Å². The van der Waals surface area contributed by atoms with E-state index in [-0.39, 0.29) is 24.3 Å². The van der Waals surface area contributed by atoms with Crippen LogP contribution in [0.5, 0.6) is 11.6 Å². The first-order valence-corrected chi connectivity index (χ1v) is 12.0. The molecule has 182 valence electrons. The fourth-order valence-corrected chi connectivity index (χ4v) is 4.83. The molecule has 2 atom stereocenters. The number of rotatable bonds is 7. The molecule has 1 aliphatic heterocycles. The van der Waals surface area contributed by atoms with Gasteiger partial charge in [0.25, 0.3) is 5.91 Å². The summed E-state index contributed by atoms with van der Waals surface area (Å²) in [5.74, 6) is 1.46. The van der Waals surface area contributed by atoms with Crippen molar-refractivity contribution < 1.29 is 19.1 Å². The fraction of sp³-hybridized carbons (Fsp3) is 0.385. The van der Waals surface area contributed by atoms with E-state index < -0.39 is 0 Å². The Labute approximate surface area is 203 Å². The molecule has 9 nitrogen and oxygen atoms in total. The van der Waals surface area contributed by atoms with Crippen LogP contribution < -0.4 is 25.4 Å². The van der Waals surface area contributed by atoms with Crippen molar-refractivity contribution in [3.8, 4) is 11.6 Å². The molecule has 9 heteroatoms. The molecule has 2 aliphatic rings. The van der Waals surface area contributed by atoms with E-state index >= 15 is 0 Å². The van der Waals surface area contributed by atoms with Crippen molar-refractivity contribution in [1.82, 2.24) is 15.3 Å². The van der Waals surface area contributed by atoms with Gasteiger partial charge in [-0.15, -0.1) is 0 Å². The number of nitrogens with zero attached hydrogens (tertiary/aromatic N) is 2. The molecule has 3 aromatic rings. The summed E-state index contributed by atoms with van der Waals surface area (Å²) in [7, 11) is 1.57. The molecule has 1 aromatic carbocycles. The van der Waals surface area contributed by atoms with E-state index in [1.807, 2.05) is 24.3 Å². The number of aromatic nitrogens is 2. The number of anilines is 2. The summed E-state index contributed by atoms with van der Waals surface area (Å²) in [6.07, 6.45) is 5.52. The first kappa shape index (κ1) is 23.0. The lowest BCUT2D eigenvalue weighted by molar-refractivity contribution is -0.121. The van der Waals surface area contributed by atoms with Crippen LogP contribution in [0.1, 0.15) is 31.2 Å². The molecule has 1 fully saturated rings. The number of ether oxygens (including phenoxy) is 2. The Morgan fingerprint density at radius 2 is 2.14 bits per heavy atom. The molecular weight excluding hydrogens is 446 g/mol. The second-order valence-electron chi connectivity index (χ2n) is 9.10. The van der Waals surface area contributed by atoms with Crippen LogP contribution in [0.2, 0.25) is 0 Å². The molecule has 0 radical (unpaired) electrons. The summed E-state index contributed by atoms with van der Waals surface area (Å²) in [4.78, 5) is 33.5. The fourth-order valence-electron chi connectivity index (χ4n) is 4.83. The molecule has 2 amide bonds. The number of hydrogen-bond donors (Lipinski definition) is 3. The van der Waals surface area contributed by atoms with E-state index in [4.69, 9.17) is 9.47 Å². The zero-order valence-corrected chi connectivity index (χ0v) is 19.7. The third kappa shape index (κ3) is 5.35. The zero-order chi connectivity index (χ0) is 24.2. The van der Waals surface area contributed by atoms with Crippen molar-refractivity contribution in [3.05, 3.63) is 48.2 Å². The smallest absolute Gasteiger partial charge is 0.262 e. The molecule has 1 aliphatic carbocycles. The van der Waals surface area contributed by atoms with Gasteiger partial charge in [0, 0.05) is 24.7 Å². The van der Waals surface area contributed by atoms with Crippen LogP contribution in [0.25, 0.3) is 11.0 Å². The molecule has 3 N–H and O–H groups in total. The van der Waals surface area contributed by atoms with Crippen molar-refractivity contribution in [1.29, 1.82) is 0 Å². The normalized spacial score (nSPS) is 19.4. The standard InChI is InChI=1S/C26H29N5O4/c1-34-24-8-6-19-25(31-24)20(9-10-28-19)30-26(33)18-4-2-3-16(11-18)13-27-14-17-5-7-22-21(12-17)29-23(32)15-35-22/h5-10,12,16,18,27H,2-4,11,13-15H2,1H3,(H,29,32)(H,28,30,33). The largest absolute Gasteiger partial charge is 0.482 e. The highest BCUT2D eigenvalue weighted by Gasteiger charge is 2.27. The Kier molecular flexibility index (Phi) is 6.76. The number of hydrogen-bond acceptors (Lipinski definition) is 7. The van der Waals surface area contributed by atoms with Gasteiger partial charge < -0.3 is 25.4 Å². The molecule has 5 rings (SSSR count). The number of carbonyl (C=O) groups is 2. The van der Waals surface area contributed by atoms with E-state index in [2.05, 4.69) is 25.9 Å². The number of methoxy groups -OCH3 is 1. The third-order valence-electron chi connectivity index (χ3n) is 6.62. The van der Waals surface area contributed by atoms with Crippen molar-refractivity contribution in [2.75, 3.05) is 30.9 Å². The number of amides is 2. The minimum Gasteiger partial charge on any atom is -0.482 e. The molecule has 2 unspecified atom stereocenters. The molecule has 0 saturated heterocycles. The lowest BCUT2D eigenvalue weighted by Gasteiger charge is -2.28. The van der Waals surface area contributed by atoms with E-state index in [0.29, 0.717) is 46.5 Å². The van der Waals surface area contributed by atoms with Crippen molar-refractivity contribution in [3.63, 3.8) is 0 Å². The van der Waals surface area contributed by atoms with E-state index in [0.717, 1.165) is 37.8 Å². The average molecular weight is 476 g/mol. The third-order valence-corrected chi connectivity index (χ3v) is 6.62. The number of fused-ring (bicyclic) bond motifs is 2. The topological polar surface area (TPSA) is 114 Å². The molecule has 1 saturated carbocycles. The minimum atomic E-state index is -0.135. The second kappa shape index (κ2) is 10.3. The summed E-state index contributed by atoms with van der Waals surface area (Å²) >= 11 is 0. The van der Waals surface area contributed by atoms with Gasteiger partial charge >= 0.3 is 0 Å². The van der Waals surface area contributed by atoms with Gasteiger partial charge in [0.15, 0.2) is 6.61 Å². The van der Waals surface area contributed by atoms with Gasteiger partial charge in [-0.2, -0.15) is 0 Å². The monoisotopic (exact) mass is 475 g/mol. The number of nitrogens with one attached hydrogen (secondary N) is 3. The molecule has 3 heterocycles. The summed E-state index contributed by atoms with van der Waals surface area (Å²) in [5.41, 5.74) is 3.78. The van der Waals surface area contributed by atoms with Gasteiger partial charge in [0.05, 0.1) is 24.0 Å².